The van der Waals surface area contributed by atoms with Crippen LogP contribution < -0.4 is 4.74 Å². The van der Waals surface area contributed by atoms with Crippen LogP contribution in [0, 0.1) is 37.4 Å². The Hall–Kier alpha value is -3.22. The number of carbonyl (C=O) groups is 1. The normalized spacial score (nSPS) is 26.2. The van der Waals surface area contributed by atoms with Gasteiger partial charge in [-0.1, -0.05) is 18.7 Å². The SMILES string of the molecule is C=C1CC=C2C(=CC1OCc1cc(-c3c(C)cc(OCCC4(O)CC4)cc3C)ccc1F)CC1C(C(=O)O)C21. The van der Waals surface area contributed by atoms with Crippen molar-refractivity contribution in [3.05, 3.63) is 88.3 Å². The molecule has 4 aliphatic carbocycles. The number of carboxylic acid groups (broad SMARTS) is 1. The molecule has 204 valence electrons. The first-order valence-corrected chi connectivity index (χ1v) is 13.8. The Morgan fingerprint density at radius 3 is 2.62 bits per heavy atom. The molecule has 2 N–H and O–H groups in total. The van der Waals surface area contributed by atoms with E-state index in [9.17, 15) is 19.4 Å². The first kappa shape index (κ1) is 26.0. The summed E-state index contributed by atoms with van der Waals surface area (Å²) >= 11 is 0. The van der Waals surface area contributed by atoms with Gasteiger partial charge >= 0.3 is 5.97 Å². The lowest BCUT2D eigenvalue weighted by molar-refractivity contribution is -0.139. The highest BCUT2D eigenvalue weighted by Gasteiger charge is 2.61. The fraction of sp³-hybridized carbons (Fsp3) is 0.424. The number of aliphatic hydroxyl groups is 1. The number of rotatable bonds is 9. The second-order valence-corrected chi connectivity index (χ2v) is 11.8. The molecule has 39 heavy (non-hydrogen) atoms. The van der Waals surface area contributed by atoms with Crippen LogP contribution in [-0.2, 0) is 16.1 Å². The first-order chi connectivity index (χ1) is 18.6. The van der Waals surface area contributed by atoms with E-state index in [2.05, 4.69) is 18.7 Å². The van der Waals surface area contributed by atoms with Gasteiger partial charge in [0, 0.05) is 17.9 Å². The number of carboxylic acids is 1. The molecule has 6 heteroatoms. The summed E-state index contributed by atoms with van der Waals surface area (Å²) in [6.07, 6.45) is 7.55. The van der Waals surface area contributed by atoms with E-state index in [1.54, 1.807) is 6.07 Å². The van der Waals surface area contributed by atoms with Gasteiger partial charge in [0.05, 0.1) is 30.8 Å². The smallest absolute Gasteiger partial charge is 0.307 e. The van der Waals surface area contributed by atoms with E-state index in [-0.39, 0.29) is 36.3 Å². The van der Waals surface area contributed by atoms with E-state index >= 15 is 0 Å². The first-order valence-electron chi connectivity index (χ1n) is 13.8. The minimum atomic E-state index is -0.711. The van der Waals surface area contributed by atoms with Crippen molar-refractivity contribution in [1.29, 1.82) is 0 Å². The van der Waals surface area contributed by atoms with Crippen LogP contribution >= 0.6 is 0 Å². The monoisotopic (exact) mass is 530 g/mol. The molecule has 6 rings (SSSR count). The fourth-order valence-corrected chi connectivity index (χ4v) is 6.47. The van der Waals surface area contributed by atoms with Crippen LogP contribution in [0.1, 0.15) is 48.8 Å². The lowest BCUT2D eigenvalue weighted by Gasteiger charge is -2.18. The molecule has 4 atom stereocenters. The standard InChI is InChI=1S/C33H35FO5/c1-18-4-6-25-22(15-26-30(25)31(26)32(35)36)16-28(18)39-17-23-14-21(5-7-27(23)34)29-19(2)12-24(13-20(29)3)38-11-10-33(37)8-9-33/h5-7,12-14,16,26,28,30-31,37H,1,4,8-11,15,17H2,2-3H3,(H,35,36). The van der Waals surface area contributed by atoms with Crippen molar-refractivity contribution in [2.45, 2.75) is 64.3 Å². The molecule has 2 aromatic carbocycles. The van der Waals surface area contributed by atoms with E-state index in [4.69, 9.17) is 9.47 Å². The summed E-state index contributed by atoms with van der Waals surface area (Å²) in [6, 6.07) is 9.12. The van der Waals surface area contributed by atoms with Crippen LogP contribution in [-0.4, -0.2) is 34.5 Å². The molecule has 0 spiro atoms. The van der Waals surface area contributed by atoms with Crippen molar-refractivity contribution in [3.63, 3.8) is 0 Å². The van der Waals surface area contributed by atoms with Crippen LogP contribution in [0.5, 0.6) is 5.75 Å². The largest absolute Gasteiger partial charge is 0.493 e. The van der Waals surface area contributed by atoms with Crippen molar-refractivity contribution >= 4 is 5.97 Å². The van der Waals surface area contributed by atoms with Crippen LogP contribution in [0.15, 0.2) is 65.8 Å². The maximum atomic E-state index is 14.9. The third-order valence-electron chi connectivity index (χ3n) is 8.90. The summed E-state index contributed by atoms with van der Waals surface area (Å²) in [4.78, 5) is 11.5. The van der Waals surface area contributed by atoms with Crippen LogP contribution in [0.25, 0.3) is 11.1 Å². The molecule has 0 heterocycles. The number of benzene rings is 2. The van der Waals surface area contributed by atoms with Gasteiger partial charge in [-0.2, -0.15) is 0 Å². The highest BCUT2D eigenvalue weighted by molar-refractivity contribution is 5.77. The summed E-state index contributed by atoms with van der Waals surface area (Å²) < 4.78 is 27.0. The molecule has 0 amide bonds. The average molecular weight is 531 g/mol. The van der Waals surface area contributed by atoms with Gasteiger partial charge in [-0.15, -0.1) is 0 Å². The molecular formula is C33H35FO5. The molecule has 4 unspecified atom stereocenters. The zero-order chi connectivity index (χ0) is 27.5. The predicted octanol–water partition coefficient (Wildman–Crippen LogP) is 6.45. The molecule has 3 fully saturated rings. The van der Waals surface area contributed by atoms with E-state index in [0.29, 0.717) is 25.0 Å². The summed E-state index contributed by atoms with van der Waals surface area (Å²) in [5, 5.41) is 19.5. The average Bonchev–Trinajstić information content (AvgIpc) is 3.77. The molecule has 5 nitrogen and oxygen atoms in total. The number of allylic oxidation sites excluding steroid dienone is 3. The molecular weight excluding hydrogens is 495 g/mol. The fourth-order valence-electron chi connectivity index (χ4n) is 6.47. The van der Waals surface area contributed by atoms with Gasteiger partial charge in [0.2, 0.25) is 0 Å². The maximum absolute atomic E-state index is 14.9. The second kappa shape index (κ2) is 9.76. The van der Waals surface area contributed by atoms with Gasteiger partial charge in [0.1, 0.15) is 11.6 Å². The van der Waals surface area contributed by atoms with E-state index in [1.807, 2.05) is 32.0 Å². The van der Waals surface area contributed by atoms with E-state index in [0.717, 1.165) is 64.0 Å². The topological polar surface area (TPSA) is 76.0 Å². The minimum Gasteiger partial charge on any atom is -0.493 e. The summed E-state index contributed by atoms with van der Waals surface area (Å²) in [7, 11) is 0. The Balaban J connectivity index is 1.15. The van der Waals surface area contributed by atoms with Crippen molar-refractivity contribution in [2.75, 3.05) is 6.61 Å². The van der Waals surface area contributed by atoms with Crippen LogP contribution in [0.3, 0.4) is 0 Å². The minimum absolute atomic E-state index is 0.106. The van der Waals surface area contributed by atoms with Gasteiger partial charge in [0.15, 0.2) is 0 Å². The number of hydrogen-bond acceptors (Lipinski definition) is 4. The highest BCUT2D eigenvalue weighted by Crippen LogP contribution is 2.63. The molecule has 3 saturated carbocycles. The van der Waals surface area contributed by atoms with Gasteiger partial charge < -0.3 is 19.7 Å². The van der Waals surface area contributed by atoms with E-state index in [1.165, 1.54) is 6.07 Å². The van der Waals surface area contributed by atoms with Crippen LogP contribution in [0.2, 0.25) is 0 Å². The predicted molar refractivity (Wildman–Crippen MR) is 147 cm³/mol. The number of aliphatic carboxylic acids is 1. The third-order valence-corrected chi connectivity index (χ3v) is 8.90. The number of aryl methyl sites for hydroxylation is 2. The molecule has 0 bridgehead atoms. The Morgan fingerprint density at radius 1 is 1.18 bits per heavy atom. The molecule has 0 aliphatic heterocycles. The summed E-state index contributed by atoms with van der Waals surface area (Å²) in [6.45, 7) is 8.83. The lowest BCUT2D eigenvalue weighted by Crippen LogP contribution is -2.13. The molecule has 4 aliphatic rings. The number of hydrogen-bond donors (Lipinski definition) is 2. The highest BCUT2D eigenvalue weighted by atomic mass is 19.1. The maximum Gasteiger partial charge on any atom is 0.307 e. The quantitative estimate of drug-likeness (QED) is 0.365. The third kappa shape index (κ3) is 5.08. The van der Waals surface area contributed by atoms with Crippen LogP contribution in [0.4, 0.5) is 4.39 Å². The zero-order valence-electron chi connectivity index (χ0n) is 22.5. The number of halogens is 1. The van der Waals surface area contributed by atoms with Crippen molar-refractivity contribution in [3.8, 4) is 16.9 Å². The Labute approximate surface area is 228 Å². The summed E-state index contributed by atoms with van der Waals surface area (Å²) in [5.41, 5.74) is 7.15. The van der Waals surface area contributed by atoms with E-state index < -0.39 is 11.6 Å². The van der Waals surface area contributed by atoms with Crippen molar-refractivity contribution < 1.29 is 28.9 Å². The van der Waals surface area contributed by atoms with Gasteiger partial charge in [-0.3, -0.25) is 4.79 Å². The van der Waals surface area contributed by atoms with Gasteiger partial charge in [0.25, 0.3) is 0 Å². The Bertz CT molecular complexity index is 1390. The van der Waals surface area contributed by atoms with Crippen molar-refractivity contribution in [2.24, 2.45) is 17.8 Å². The molecule has 2 aromatic rings. The Morgan fingerprint density at radius 2 is 1.92 bits per heavy atom. The molecule has 0 radical (unpaired) electrons. The molecule has 0 aromatic heterocycles. The number of fused-ring (bicyclic) bond motifs is 3. The second-order valence-electron chi connectivity index (χ2n) is 11.8. The molecule has 0 saturated heterocycles. The number of ether oxygens (including phenoxy) is 2. The zero-order valence-corrected chi connectivity index (χ0v) is 22.5. The van der Waals surface area contributed by atoms with Gasteiger partial charge in [-0.05, 0) is 115 Å². The Kier molecular flexibility index (Phi) is 6.51. The summed E-state index contributed by atoms with van der Waals surface area (Å²) in [5.74, 6) is -0.216. The van der Waals surface area contributed by atoms with Crippen molar-refractivity contribution in [1.82, 2.24) is 0 Å². The lowest BCUT2D eigenvalue weighted by atomic mass is 9.94. The van der Waals surface area contributed by atoms with Gasteiger partial charge in [-0.25, -0.2) is 4.39 Å².